The predicted octanol–water partition coefficient (Wildman–Crippen LogP) is 4.10. The maximum atomic E-state index is 11.8. The molecule has 1 saturated carbocycles. The molecule has 0 bridgehead atoms. The summed E-state index contributed by atoms with van der Waals surface area (Å²) < 4.78 is 10.5. The molecule has 0 aliphatic heterocycles. The summed E-state index contributed by atoms with van der Waals surface area (Å²) in [6.07, 6.45) is 7.47. The van der Waals surface area contributed by atoms with Crippen molar-refractivity contribution in [3.63, 3.8) is 0 Å². The van der Waals surface area contributed by atoms with Crippen LogP contribution in [0.5, 0.6) is 5.75 Å². The number of carbonyl (C=O) groups is 1. The minimum absolute atomic E-state index is 0.293. The van der Waals surface area contributed by atoms with E-state index in [0.717, 1.165) is 24.2 Å². The van der Waals surface area contributed by atoms with E-state index in [1.54, 1.807) is 13.2 Å². The van der Waals surface area contributed by atoms with E-state index < -0.39 is 0 Å². The monoisotopic (exact) mass is 300 g/mol. The number of allylic oxidation sites excluding steroid dienone is 1. The minimum Gasteiger partial charge on any atom is -0.497 e. The molecule has 1 aliphatic carbocycles. The lowest BCUT2D eigenvalue weighted by atomic mass is 9.97. The summed E-state index contributed by atoms with van der Waals surface area (Å²) in [5.74, 6) is 2.06. The molecule has 0 saturated heterocycles. The Morgan fingerprint density at radius 2 is 2.05 bits per heavy atom. The average molecular weight is 300 g/mol. The maximum Gasteiger partial charge on any atom is 0.330 e. The molecule has 0 amide bonds. The fraction of sp³-hybridized carbons (Fsp3) is 0.421. The number of esters is 1. The molecule has 0 spiro atoms. The normalized spacial score (nSPS) is 24.4. The Kier molecular flexibility index (Phi) is 5.82. The van der Waals surface area contributed by atoms with Crippen LogP contribution in [0.1, 0.15) is 25.3 Å². The second kappa shape index (κ2) is 7.83. The lowest BCUT2D eigenvalue weighted by molar-refractivity contribution is -0.139. The van der Waals surface area contributed by atoms with Gasteiger partial charge in [0, 0.05) is 6.08 Å². The molecular weight excluding hydrogens is 276 g/mol. The van der Waals surface area contributed by atoms with Gasteiger partial charge in [-0.1, -0.05) is 25.1 Å². The zero-order valence-corrected chi connectivity index (χ0v) is 13.3. The smallest absolute Gasteiger partial charge is 0.330 e. The molecule has 3 atom stereocenters. The van der Waals surface area contributed by atoms with E-state index in [1.165, 1.54) is 6.08 Å². The summed E-state index contributed by atoms with van der Waals surface area (Å²) in [4.78, 5) is 11.8. The van der Waals surface area contributed by atoms with Gasteiger partial charge in [-0.15, -0.1) is 6.58 Å². The first-order valence-electron chi connectivity index (χ1n) is 7.73. The SMILES string of the molecule is C=CC1CC(C)CC1COC(=O)/C=C/c1ccc(OC)cc1. The van der Waals surface area contributed by atoms with E-state index >= 15 is 0 Å². The number of hydrogen-bond acceptors (Lipinski definition) is 3. The second-order valence-corrected chi connectivity index (χ2v) is 5.97. The van der Waals surface area contributed by atoms with Gasteiger partial charge in [-0.2, -0.15) is 0 Å². The summed E-state index contributed by atoms with van der Waals surface area (Å²) in [6.45, 7) is 6.60. The van der Waals surface area contributed by atoms with Gasteiger partial charge >= 0.3 is 5.97 Å². The summed E-state index contributed by atoms with van der Waals surface area (Å²) >= 11 is 0. The summed E-state index contributed by atoms with van der Waals surface area (Å²) in [7, 11) is 1.63. The van der Waals surface area contributed by atoms with Crippen molar-refractivity contribution < 1.29 is 14.3 Å². The molecule has 0 radical (unpaired) electrons. The highest BCUT2D eigenvalue weighted by Crippen LogP contribution is 2.36. The Bertz CT molecular complexity index is 530. The molecule has 3 nitrogen and oxygen atoms in total. The van der Waals surface area contributed by atoms with E-state index in [9.17, 15) is 4.79 Å². The van der Waals surface area contributed by atoms with Gasteiger partial charge in [0.1, 0.15) is 5.75 Å². The molecule has 118 valence electrons. The number of methoxy groups -OCH3 is 1. The molecule has 3 heteroatoms. The van der Waals surface area contributed by atoms with Crippen molar-refractivity contribution in [1.82, 2.24) is 0 Å². The van der Waals surface area contributed by atoms with Crippen LogP contribution in [0.25, 0.3) is 6.08 Å². The molecule has 3 unspecified atom stereocenters. The molecule has 1 aliphatic rings. The average Bonchev–Trinajstić information content (AvgIpc) is 2.91. The van der Waals surface area contributed by atoms with E-state index in [0.29, 0.717) is 24.4 Å². The van der Waals surface area contributed by atoms with Crippen LogP contribution in [0.15, 0.2) is 43.0 Å². The Hall–Kier alpha value is -2.03. The predicted molar refractivity (Wildman–Crippen MR) is 88.6 cm³/mol. The molecule has 2 rings (SSSR count). The van der Waals surface area contributed by atoms with Gasteiger partial charge in [0.15, 0.2) is 0 Å². The van der Waals surface area contributed by atoms with Crippen molar-refractivity contribution in [3.8, 4) is 5.75 Å². The minimum atomic E-state index is -0.293. The van der Waals surface area contributed by atoms with Gasteiger partial charge in [-0.25, -0.2) is 4.79 Å². The van der Waals surface area contributed by atoms with Gasteiger partial charge in [0.05, 0.1) is 13.7 Å². The Morgan fingerprint density at radius 1 is 1.32 bits per heavy atom. The summed E-state index contributed by atoms with van der Waals surface area (Å²) in [5.41, 5.74) is 0.941. The van der Waals surface area contributed by atoms with E-state index in [1.807, 2.05) is 30.3 Å². The van der Waals surface area contributed by atoms with Gasteiger partial charge < -0.3 is 9.47 Å². The third-order valence-electron chi connectivity index (χ3n) is 4.26. The fourth-order valence-electron chi connectivity index (χ4n) is 3.04. The first-order valence-corrected chi connectivity index (χ1v) is 7.73. The largest absolute Gasteiger partial charge is 0.497 e. The number of benzene rings is 1. The van der Waals surface area contributed by atoms with Crippen LogP contribution in [-0.4, -0.2) is 19.7 Å². The standard InChI is InChI=1S/C19H24O3/c1-4-16-11-14(2)12-17(16)13-22-19(20)10-7-15-5-8-18(21-3)9-6-15/h4-10,14,16-17H,1,11-13H2,2-3H3/b10-7+. The molecule has 0 heterocycles. The van der Waals surface area contributed by atoms with Gasteiger partial charge in [0.2, 0.25) is 0 Å². The number of ether oxygens (including phenoxy) is 2. The topological polar surface area (TPSA) is 35.5 Å². The van der Waals surface area contributed by atoms with Crippen LogP contribution in [0.3, 0.4) is 0 Å². The number of rotatable bonds is 6. The van der Waals surface area contributed by atoms with E-state index in [4.69, 9.17) is 9.47 Å². The third kappa shape index (κ3) is 4.48. The van der Waals surface area contributed by atoms with E-state index in [2.05, 4.69) is 13.5 Å². The molecule has 1 fully saturated rings. The molecule has 22 heavy (non-hydrogen) atoms. The first kappa shape index (κ1) is 16.3. The van der Waals surface area contributed by atoms with Crippen LogP contribution in [-0.2, 0) is 9.53 Å². The number of carbonyl (C=O) groups excluding carboxylic acids is 1. The van der Waals surface area contributed by atoms with Crippen molar-refractivity contribution >= 4 is 12.0 Å². The zero-order valence-electron chi connectivity index (χ0n) is 13.3. The fourth-order valence-corrected chi connectivity index (χ4v) is 3.04. The van der Waals surface area contributed by atoms with Gasteiger partial charge in [0.25, 0.3) is 0 Å². The summed E-state index contributed by atoms with van der Waals surface area (Å²) in [6, 6.07) is 7.52. The highest BCUT2D eigenvalue weighted by Gasteiger charge is 2.30. The molecule has 0 N–H and O–H groups in total. The van der Waals surface area contributed by atoms with Gasteiger partial charge in [-0.3, -0.25) is 0 Å². The lowest BCUT2D eigenvalue weighted by Crippen LogP contribution is -2.15. The van der Waals surface area contributed by atoms with Crippen LogP contribution in [0.4, 0.5) is 0 Å². The van der Waals surface area contributed by atoms with Gasteiger partial charge in [-0.05, 0) is 54.4 Å². The highest BCUT2D eigenvalue weighted by molar-refractivity contribution is 5.87. The highest BCUT2D eigenvalue weighted by atomic mass is 16.5. The Labute approximate surface area is 132 Å². The zero-order chi connectivity index (χ0) is 15.9. The van der Waals surface area contributed by atoms with Crippen molar-refractivity contribution in [2.45, 2.75) is 19.8 Å². The molecule has 1 aromatic rings. The van der Waals surface area contributed by atoms with Crippen LogP contribution in [0, 0.1) is 17.8 Å². The van der Waals surface area contributed by atoms with Crippen LogP contribution in [0.2, 0.25) is 0 Å². The quantitative estimate of drug-likeness (QED) is 0.451. The second-order valence-electron chi connectivity index (χ2n) is 5.97. The maximum absolute atomic E-state index is 11.8. The van der Waals surface area contributed by atoms with Crippen molar-refractivity contribution in [1.29, 1.82) is 0 Å². The Balaban J connectivity index is 1.82. The van der Waals surface area contributed by atoms with Crippen LogP contribution < -0.4 is 4.74 Å². The molecule has 0 aromatic heterocycles. The third-order valence-corrected chi connectivity index (χ3v) is 4.26. The van der Waals surface area contributed by atoms with E-state index in [-0.39, 0.29) is 5.97 Å². The van der Waals surface area contributed by atoms with Crippen LogP contribution >= 0.6 is 0 Å². The number of hydrogen-bond donors (Lipinski definition) is 0. The first-order chi connectivity index (χ1) is 10.6. The van der Waals surface area contributed by atoms with Crippen molar-refractivity contribution in [2.75, 3.05) is 13.7 Å². The lowest BCUT2D eigenvalue weighted by Gasteiger charge is -2.15. The molecule has 1 aromatic carbocycles. The molecular formula is C19H24O3. The van der Waals surface area contributed by atoms with Crippen molar-refractivity contribution in [3.05, 3.63) is 48.6 Å². The van der Waals surface area contributed by atoms with Crippen molar-refractivity contribution in [2.24, 2.45) is 17.8 Å². The summed E-state index contributed by atoms with van der Waals surface area (Å²) in [5, 5.41) is 0. The Morgan fingerprint density at radius 3 is 2.68 bits per heavy atom.